The number of nitrogens with one attached hydrogen (secondary N) is 1. The van der Waals surface area contributed by atoms with E-state index in [1.54, 1.807) is 29.6 Å². The van der Waals surface area contributed by atoms with Crippen LogP contribution >= 0.6 is 11.3 Å². The number of nitrogens with zero attached hydrogens (tertiary/aromatic N) is 1. The van der Waals surface area contributed by atoms with Crippen LogP contribution in [-0.2, 0) is 10.0 Å². The lowest BCUT2D eigenvalue weighted by atomic mass is 10.2. The van der Waals surface area contributed by atoms with Gasteiger partial charge in [-0.2, -0.15) is 12.4 Å². The van der Waals surface area contributed by atoms with E-state index in [1.165, 1.54) is 0 Å². The fourth-order valence-corrected chi connectivity index (χ4v) is 4.57. The van der Waals surface area contributed by atoms with Crippen molar-refractivity contribution in [1.29, 1.82) is 0 Å². The first-order valence-electron chi connectivity index (χ1n) is 5.22. The fraction of sp³-hybridized carbons (Fsp3) is 0. The molecule has 0 amide bonds. The molecular weight excluding hydrogens is 288 g/mol. The Bertz CT molecular complexity index is 917. The molecule has 2 N–H and O–H groups in total. The Morgan fingerprint density at radius 3 is 2.68 bits per heavy atom. The van der Waals surface area contributed by atoms with Gasteiger partial charge in [0.05, 0.1) is 6.20 Å². The summed E-state index contributed by atoms with van der Waals surface area (Å²) in [6.07, 6.45) is 0.853. The fourth-order valence-electron chi connectivity index (χ4n) is 1.80. The summed E-state index contributed by atoms with van der Waals surface area (Å²) >= 11 is 1.04. The normalized spacial score (nSPS) is 12.0. The van der Waals surface area contributed by atoms with Crippen LogP contribution in [0, 0.1) is 0 Å². The van der Waals surface area contributed by atoms with Crippen LogP contribution < -0.4 is 5.69 Å². The number of rotatable bonds is 2. The van der Waals surface area contributed by atoms with E-state index in [0.717, 1.165) is 22.9 Å². The van der Waals surface area contributed by atoms with Crippen LogP contribution in [0.3, 0.4) is 0 Å². The summed E-state index contributed by atoms with van der Waals surface area (Å²) < 4.78 is 25.3. The Morgan fingerprint density at radius 1 is 1.26 bits per heavy atom. The molecule has 8 heteroatoms. The van der Waals surface area contributed by atoms with Crippen molar-refractivity contribution in [1.82, 2.24) is 8.96 Å². The average Bonchev–Trinajstić information content (AvgIpc) is 2.93. The number of hydrogen-bond donors (Lipinski definition) is 2. The van der Waals surface area contributed by atoms with E-state index in [9.17, 15) is 18.3 Å². The summed E-state index contributed by atoms with van der Waals surface area (Å²) in [6.45, 7) is 0. The molecule has 0 atom stereocenters. The van der Waals surface area contributed by atoms with Gasteiger partial charge in [-0.3, -0.25) is 4.98 Å². The molecule has 0 aliphatic rings. The van der Waals surface area contributed by atoms with Crippen molar-refractivity contribution in [3.05, 3.63) is 46.3 Å². The highest BCUT2D eigenvalue weighted by atomic mass is 32.2. The van der Waals surface area contributed by atoms with Crippen LogP contribution in [-0.4, -0.2) is 22.5 Å². The molecule has 0 spiro atoms. The molecule has 98 valence electrons. The van der Waals surface area contributed by atoms with Gasteiger partial charge in [-0.1, -0.05) is 24.3 Å². The molecule has 0 fully saturated rings. The quantitative estimate of drug-likeness (QED) is 0.746. The SMILES string of the molecule is O=c1[nH]c(O)cn1S(=O)(=O)c1scc2ccccc12. The lowest BCUT2D eigenvalue weighted by Gasteiger charge is -2.01. The third-order valence-electron chi connectivity index (χ3n) is 2.64. The second-order valence-corrected chi connectivity index (χ2v) is 6.75. The summed E-state index contributed by atoms with van der Waals surface area (Å²) in [5, 5.41) is 12.2. The van der Waals surface area contributed by atoms with E-state index >= 15 is 0 Å². The standard InChI is InChI=1S/C11H8N2O4S2/c14-9-5-13(11(15)12-9)19(16,17)10-8-4-2-1-3-7(8)6-18-10/h1-6,14H,(H,12,15). The minimum atomic E-state index is -4.00. The molecule has 0 bridgehead atoms. The van der Waals surface area contributed by atoms with E-state index in [1.807, 2.05) is 4.98 Å². The van der Waals surface area contributed by atoms with Gasteiger partial charge in [-0.05, 0) is 5.39 Å². The topological polar surface area (TPSA) is 92.2 Å². The van der Waals surface area contributed by atoms with Gasteiger partial charge in [0.1, 0.15) is 4.21 Å². The average molecular weight is 296 g/mol. The van der Waals surface area contributed by atoms with Crippen LogP contribution in [0.1, 0.15) is 0 Å². The second-order valence-electron chi connectivity index (χ2n) is 3.86. The minimum Gasteiger partial charge on any atom is -0.493 e. The number of H-pyrrole nitrogens is 1. The molecule has 2 heterocycles. The second kappa shape index (κ2) is 3.97. The molecule has 3 rings (SSSR count). The van der Waals surface area contributed by atoms with E-state index < -0.39 is 21.6 Å². The monoisotopic (exact) mass is 296 g/mol. The van der Waals surface area contributed by atoms with Gasteiger partial charge in [0.25, 0.3) is 10.0 Å². The van der Waals surface area contributed by atoms with E-state index in [-0.39, 0.29) is 4.21 Å². The van der Waals surface area contributed by atoms with Crippen molar-refractivity contribution < 1.29 is 13.5 Å². The van der Waals surface area contributed by atoms with Gasteiger partial charge in [-0.25, -0.2) is 4.79 Å². The zero-order valence-electron chi connectivity index (χ0n) is 9.40. The van der Waals surface area contributed by atoms with Crippen molar-refractivity contribution in [2.45, 2.75) is 4.21 Å². The number of thiophene rings is 1. The van der Waals surface area contributed by atoms with Crippen molar-refractivity contribution in [3.8, 4) is 5.88 Å². The minimum absolute atomic E-state index is 0.0733. The van der Waals surface area contributed by atoms with Crippen LogP contribution in [0.25, 0.3) is 10.8 Å². The summed E-state index contributed by atoms with van der Waals surface area (Å²) in [5.74, 6) is -0.491. The molecule has 0 saturated heterocycles. The van der Waals surface area contributed by atoms with Crippen LogP contribution in [0.4, 0.5) is 0 Å². The molecule has 2 aromatic heterocycles. The Labute approximate surface area is 111 Å². The number of aromatic nitrogens is 2. The number of fused-ring (bicyclic) bond motifs is 1. The van der Waals surface area contributed by atoms with Crippen LogP contribution in [0.15, 0.2) is 44.8 Å². The lowest BCUT2D eigenvalue weighted by molar-refractivity contribution is 0.455. The molecule has 0 aliphatic heterocycles. The number of aromatic hydroxyl groups is 1. The maximum absolute atomic E-state index is 12.4. The summed E-state index contributed by atoms with van der Waals surface area (Å²) in [5.41, 5.74) is -0.894. The van der Waals surface area contributed by atoms with Gasteiger partial charge in [0.2, 0.25) is 5.88 Å². The summed E-state index contributed by atoms with van der Waals surface area (Å²) in [4.78, 5) is 13.5. The zero-order valence-corrected chi connectivity index (χ0v) is 11.0. The predicted molar refractivity (Wildman–Crippen MR) is 71.1 cm³/mol. The summed E-state index contributed by atoms with van der Waals surface area (Å²) in [6, 6.07) is 7.00. The smallest absolute Gasteiger partial charge is 0.342 e. The lowest BCUT2D eigenvalue weighted by Crippen LogP contribution is -2.24. The Kier molecular flexibility index (Phi) is 2.51. The van der Waals surface area contributed by atoms with Gasteiger partial charge in [-0.15, -0.1) is 11.3 Å². The Balaban J connectivity index is 2.32. The van der Waals surface area contributed by atoms with Crippen molar-refractivity contribution >= 4 is 32.1 Å². The predicted octanol–water partition coefficient (Wildman–Crippen LogP) is 1.33. The summed E-state index contributed by atoms with van der Waals surface area (Å²) in [7, 11) is -4.00. The van der Waals surface area contributed by atoms with Gasteiger partial charge in [0, 0.05) is 10.8 Å². The van der Waals surface area contributed by atoms with E-state index in [0.29, 0.717) is 9.36 Å². The van der Waals surface area contributed by atoms with E-state index in [2.05, 4.69) is 0 Å². The maximum Gasteiger partial charge on any atom is 0.342 e. The van der Waals surface area contributed by atoms with Crippen molar-refractivity contribution in [2.75, 3.05) is 0 Å². The maximum atomic E-state index is 12.4. The van der Waals surface area contributed by atoms with Crippen molar-refractivity contribution in [2.24, 2.45) is 0 Å². The molecule has 1 aromatic carbocycles. The molecular formula is C11H8N2O4S2. The number of aromatic amines is 1. The Morgan fingerprint density at radius 2 is 2.00 bits per heavy atom. The first kappa shape index (κ1) is 12.0. The molecule has 0 unspecified atom stereocenters. The molecule has 19 heavy (non-hydrogen) atoms. The van der Waals surface area contributed by atoms with Crippen LogP contribution in [0.5, 0.6) is 5.88 Å². The third-order valence-corrected chi connectivity index (χ3v) is 5.85. The van der Waals surface area contributed by atoms with Gasteiger partial charge in [0.15, 0.2) is 0 Å². The third kappa shape index (κ3) is 1.76. The largest absolute Gasteiger partial charge is 0.493 e. The Hall–Kier alpha value is -2.06. The highest BCUT2D eigenvalue weighted by Gasteiger charge is 2.24. The molecule has 0 saturated carbocycles. The van der Waals surface area contributed by atoms with Gasteiger partial charge >= 0.3 is 5.69 Å². The highest BCUT2D eigenvalue weighted by Crippen LogP contribution is 2.30. The molecule has 6 nitrogen and oxygen atoms in total. The van der Waals surface area contributed by atoms with Crippen LogP contribution in [0.2, 0.25) is 0 Å². The molecule has 3 aromatic rings. The number of benzene rings is 1. The molecule has 0 radical (unpaired) electrons. The van der Waals surface area contributed by atoms with Gasteiger partial charge < -0.3 is 5.11 Å². The number of hydrogen-bond acceptors (Lipinski definition) is 5. The number of imidazole rings is 1. The molecule has 0 aliphatic carbocycles. The zero-order chi connectivity index (χ0) is 13.6. The highest BCUT2D eigenvalue weighted by molar-refractivity contribution is 7.92. The first-order chi connectivity index (χ1) is 9.00. The van der Waals surface area contributed by atoms with E-state index in [4.69, 9.17) is 0 Å². The van der Waals surface area contributed by atoms with Crippen molar-refractivity contribution in [3.63, 3.8) is 0 Å². The first-order valence-corrected chi connectivity index (χ1v) is 7.54.